The molecule has 7 nitrogen and oxygen atoms in total. The molecule has 0 unspecified atom stereocenters. The molecule has 1 aromatic heterocycles. The van der Waals surface area contributed by atoms with E-state index in [1.165, 1.54) is 14.2 Å². The number of nitrogens with one attached hydrogen (secondary N) is 1. The van der Waals surface area contributed by atoms with Crippen molar-refractivity contribution >= 4 is 23.5 Å². The molecule has 0 radical (unpaired) electrons. The van der Waals surface area contributed by atoms with Gasteiger partial charge in [0.15, 0.2) is 0 Å². The molecule has 0 bridgehead atoms. The van der Waals surface area contributed by atoms with Gasteiger partial charge in [-0.3, -0.25) is 5.43 Å². The second-order valence-electron chi connectivity index (χ2n) is 5.67. The minimum atomic E-state index is 0.0694. The van der Waals surface area contributed by atoms with E-state index in [2.05, 4.69) is 20.5 Å². The summed E-state index contributed by atoms with van der Waals surface area (Å²) in [6.07, 6.45) is 1.58. The van der Waals surface area contributed by atoms with Gasteiger partial charge in [-0.05, 0) is 30.7 Å². The van der Waals surface area contributed by atoms with E-state index in [0.717, 1.165) is 11.3 Å². The van der Waals surface area contributed by atoms with Crippen molar-refractivity contribution in [3.8, 4) is 23.5 Å². The Hall–Kier alpha value is -3.32. The van der Waals surface area contributed by atoms with Gasteiger partial charge in [0.2, 0.25) is 11.8 Å². The SMILES string of the molecule is COc1cc(OC)nc(Oc2cccc(Cl)c2/C=N\Nc2ccccc2C)n1. The number of anilines is 1. The summed E-state index contributed by atoms with van der Waals surface area (Å²) in [7, 11) is 3.00. The molecule has 3 aromatic rings. The summed E-state index contributed by atoms with van der Waals surface area (Å²) in [5, 5.41) is 4.75. The lowest BCUT2D eigenvalue weighted by Gasteiger charge is -2.10. The average molecular weight is 399 g/mol. The number of benzene rings is 2. The molecule has 2 aromatic carbocycles. The highest BCUT2D eigenvalue weighted by molar-refractivity contribution is 6.33. The van der Waals surface area contributed by atoms with E-state index in [4.69, 9.17) is 25.8 Å². The van der Waals surface area contributed by atoms with Gasteiger partial charge >= 0.3 is 6.01 Å². The molecule has 0 amide bonds. The summed E-state index contributed by atoms with van der Waals surface area (Å²) >= 11 is 6.34. The molecule has 0 fully saturated rings. The van der Waals surface area contributed by atoms with Crippen LogP contribution in [0.3, 0.4) is 0 Å². The lowest BCUT2D eigenvalue weighted by atomic mass is 10.2. The van der Waals surface area contributed by atoms with Crippen molar-refractivity contribution in [3.05, 3.63) is 64.7 Å². The minimum absolute atomic E-state index is 0.0694. The van der Waals surface area contributed by atoms with Crippen molar-refractivity contribution in [2.75, 3.05) is 19.6 Å². The van der Waals surface area contributed by atoms with Crippen LogP contribution in [0, 0.1) is 6.92 Å². The van der Waals surface area contributed by atoms with E-state index < -0.39 is 0 Å². The van der Waals surface area contributed by atoms with Crippen LogP contribution in [-0.2, 0) is 0 Å². The Morgan fingerprint density at radius 1 is 1.00 bits per heavy atom. The summed E-state index contributed by atoms with van der Waals surface area (Å²) in [4.78, 5) is 8.33. The summed E-state index contributed by atoms with van der Waals surface area (Å²) in [6.45, 7) is 2.00. The Morgan fingerprint density at radius 2 is 1.71 bits per heavy atom. The Morgan fingerprint density at radius 3 is 2.39 bits per heavy atom. The van der Waals surface area contributed by atoms with E-state index in [1.807, 2.05) is 31.2 Å². The maximum absolute atomic E-state index is 6.34. The molecule has 3 rings (SSSR count). The number of nitrogens with zero attached hydrogens (tertiary/aromatic N) is 3. The number of hydrazone groups is 1. The van der Waals surface area contributed by atoms with Crippen molar-refractivity contribution in [3.63, 3.8) is 0 Å². The monoisotopic (exact) mass is 398 g/mol. The third kappa shape index (κ3) is 4.69. The van der Waals surface area contributed by atoms with Gasteiger partial charge in [-0.25, -0.2) is 0 Å². The average Bonchev–Trinajstić information content (AvgIpc) is 2.71. The fraction of sp³-hybridized carbons (Fsp3) is 0.150. The van der Waals surface area contributed by atoms with Crippen molar-refractivity contribution in [2.45, 2.75) is 6.92 Å². The zero-order valence-electron chi connectivity index (χ0n) is 15.6. The van der Waals surface area contributed by atoms with Gasteiger partial charge in [0.1, 0.15) is 5.75 Å². The normalized spacial score (nSPS) is 10.7. The molecule has 0 saturated carbocycles. The van der Waals surface area contributed by atoms with E-state index in [-0.39, 0.29) is 6.01 Å². The van der Waals surface area contributed by atoms with Crippen LogP contribution in [0.25, 0.3) is 0 Å². The number of hydrogen-bond acceptors (Lipinski definition) is 7. The van der Waals surface area contributed by atoms with Crippen LogP contribution in [-0.4, -0.2) is 30.4 Å². The van der Waals surface area contributed by atoms with Crippen molar-refractivity contribution in [1.29, 1.82) is 0 Å². The quantitative estimate of drug-likeness (QED) is 0.459. The van der Waals surface area contributed by atoms with Crippen molar-refractivity contribution in [2.24, 2.45) is 5.10 Å². The van der Waals surface area contributed by atoms with E-state index in [9.17, 15) is 0 Å². The largest absolute Gasteiger partial charge is 0.481 e. The summed E-state index contributed by atoms with van der Waals surface area (Å²) in [5.41, 5.74) is 5.55. The van der Waals surface area contributed by atoms with Gasteiger partial charge in [0.25, 0.3) is 0 Å². The maximum Gasteiger partial charge on any atom is 0.328 e. The lowest BCUT2D eigenvalue weighted by Crippen LogP contribution is -2.00. The van der Waals surface area contributed by atoms with Crippen LogP contribution in [0.15, 0.2) is 53.6 Å². The van der Waals surface area contributed by atoms with Crippen LogP contribution in [0.2, 0.25) is 5.02 Å². The number of para-hydroxylation sites is 1. The van der Waals surface area contributed by atoms with E-state index >= 15 is 0 Å². The van der Waals surface area contributed by atoms with Gasteiger partial charge in [0.05, 0.1) is 42.8 Å². The number of aryl methyl sites for hydroxylation is 1. The summed E-state index contributed by atoms with van der Waals surface area (Å²) in [6, 6.07) is 14.7. The molecular formula is C20H19ClN4O3. The fourth-order valence-corrected chi connectivity index (χ4v) is 2.55. The number of halogens is 1. The van der Waals surface area contributed by atoms with Gasteiger partial charge < -0.3 is 14.2 Å². The molecule has 0 atom stereocenters. The Balaban J connectivity index is 1.86. The number of aromatic nitrogens is 2. The van der Waals surface area contributed by atoms with Gasteiger partial charge in [-0.2, -0.15) is 15.1 Å². The standard InChI is InChI=1S/C20H19ClN4O3/c1-13-7-4-5-9-16(13)25-22-12-14-15(21)8-6-10-17(14)28-20-23-18(26-2)11-19(24-20)27-3/h4-12,25H,1-3H3/b22-12-. The molecule has 0 aliphatic carbocycles. The molecule has 144 valence electrons. The first-order chi connectivity index (χ1) is 13.6. The number of rotatable bonds is 7. The number of hydrogen-bond donors (Lipinski definition) is 1. The summed E-state index contributed by atoms with van der Waals surface area (Å²) in [5.74, 6) is 1.08. The van der Waals surface area contributed by atoms with Gasteiger partial charge in [-0.1, -0.05) is 35.9 Å². The Kier molecular flexibility index (Phi) is 6.29. The van der Waals surface area contributed by atoms with E-state index in [0.29, 0.717) is 28.1 Å². The van der Waals surface area contributed by atoms with Crippen LogP contribution < -0.4 is 19.6 Å². The number of methoxy groups -OCH3 is 2. The number of ether oxygens (including phenoxy) is 3. The molecule has 8 heteroatoms. The molecule has 0 spiro atoms. The Bertz CT molecular complexity index is 973. The highest BCUT2D eigenvalue weighted by atomic mass is 35.5. The lowest BCUT2D eigenvalue weighted by molar-refractivity contribution is 0.348. The van der Waals surface area contributed by atoms with Crippen molar-refractivity contribution < 1.29 is 14.2 Å². The van der Waals surface area contributed by atoms with Gasteiger partial charge in [-0.15, -0.1) is 0 Å². The molecule has 1 heterocycles. The molecule has 0 saturated heterocycles. The smallest absolute Gasteiger partial charge is 0.328 e. The maximum atomic E-state index is 6.34. The molecule has 0 aliphatic heterocycles. The van der Waals surface area contributed by atoms with Crippen LogP contribution >= 0.6 is 11.6 Å². The molecule has 0 aliphatic rings. The Labute approximate surface area is 168 Å². The third-order valence-corrected chi connectivity index (χ3v) is 4.14. The first kappa shape index (κ1) is 19.4. The van der Waals surface area contributed by atoms with E-state index in [1.54, 1.807) is 30.5 Å². The topological polar surface area (TPSA) is 77.9 Å². The second-order valence-corrected chi connectivity index (χ2v) is 6.08. The predicted octanol–water partition coefficient (Wildman–Crippen LogP) is 4.69. The molecule has 1 N–H and O–H groups in total. The first-order valence-electron chi connectivity index (χ1n) is 8.39. The minimum Gasteiger partial charge on any atom is -0.481 e. The van der Waals surface area contributed by atoms with Crippen LogP contribution in [0.1, 0.15) is 11.1 Å². The van der Waals surface area contributed by atoms with Gasteiger partial charge in [0, 0.05) is 0 Å². The highest BCUT2D eigenvalue weighted by Gasteiger charge is 2.12. The molecular weight excluding hydrogens is 380 g/mol. The highest BCUT2D eigenvalue weighted by Crippen LogP contribution is 2.29. The second kappa shape index (κ2) is 9.05. The summed E-state index contributed by atoms with van der Waals surface area (Å²) < 4.78 is 16.1. The van der Waals surface area contributed by atoms with Crippen LogP contribution in [0.5, 0.6) is 23.5 Å². The van der Waals surface area contributed by atoms with Crippen molar-refractivity contribution in [1.82, 2.24) is 9.97 Å². The predicted molar refractivity (Wildman–Crippen MR) is 109 cm³/mol. The fourth-order valence-electron chi connectivity index (χ4n) is 2.33. The molecule has 28 heavy (non-hydrogen) atoms. The third-order valence-electron chi connectivity index (χ3n) is 3.81. The van der Waals surface area contributed by atoms with Crippen LogP contribution in [0.4, 0.5) is 5.69 Å². The first-order valence-corrected chi connectivity index (χ1v) is 8.76. The zero-order valence-corrected chi connectivity index (χ0v) is 16.4. The zero-order chi connectivity index (χ0) is 19.9.